The van der Waals surface area contributed by atoms with Crippen LogP contribution in [0.4, 0.5) is 0 Å². The first kappa shape index (κ1) is 19.7. The Morgan fingerprint density at radius 2 is 1.80 bits per heavy atom. The number of amides is 1. The Balaban J connectivity index is 1.34. The third kappa shape index (κ3) is 4.88. The SMILES string of the molecule is O=C(NCc1ccc(-n2cccn2)cc1)c1cccc(COc2ccccc2Cl)c1. The van der Waals surface area contributed by atoms with Gasteiger partial charge in [-0.1, -0.05) is 48.0 Å². The minimum absolute atomic E-state index is 0.134. The Labute approximate surface area is 179 Å². The lowest BCUT2D eigenvalue weighted by Gasteiger charge is -2.10. The fourth-order valence-electron chi connectivity index (χ4n) is 3.00. The highest BCUT2D eigenvalue weighted by atomic mass is 35.5. The molecule has 5 nitrogen and oxygen atoms in total. The third-order valence-corrected chi connectivity index (χ3v) is 4.89. The monoisotopic (exact) mass is 417 g/mol. The van der Waals surface area contributed by atoms with Crippen molar-refractivity contribution in [2.45, 2.75) is 13.2 Å². The number of hydrogen-bond acceptors (Lipinski definition) is 3. The molecule has 0 spiro atoms. The van der Waals surface area contributed by atoms with Crippen LogP contribution in [0.3, 0.4) is 0 Å². The number of nitrogens with one attached hydrogen (secondary N) is 1. The van der Waals surface area contributed by atoms with E-state index in [9.17, 15) is 4.79 Å². The van der Waals surface area contributed by atoms with Gasteiger partial charge in [0.15, 0.2) is 0 Å². The molecule has 1 N–H and O–H groups in total. The molecule has 0 aliphatic carbocycles. The predicted octanol–water partition coefficient (Wildman–Crippen LogP) is 5.03. The van der Waals surface area contributed by atoms with E-state index < -0.39 is 0 Å². The lowest BCUT2D eigenvalue weighted by atomic mass is 10.1. The second kappa shape index (κ2) is 9.29. The molecule has 1 aromatic heterocycles. The fourth-order valence-corrected chi connectivity index (χ4v) is 3.19. The van der Waals surface area contributed by atoms with Crippen LogP contribution < -0.4 is 10.1 Å². The van der Waals surface area contributed by atoms with Crippen LogP contribution in [0.5, 0.6) is 5.75 Å². The summed E-state index contributed by atoms with van der Waals surface area (Å²) in [6.07, 6.45) is 3.63. The molecular weight excluding hydrogens is 398 g/mol. The summed E-state index contributed by atoms with van der Waals surface area (Å²) >= 11 is 6.12. The molecule has 1 heterocycles. The van der Waals surface area contributed by atoms with Gasteiger partial charge in [0.25, 0.3) is 5.91 Å². The minimum Gasteiger partial charge on any atom is -0.487 e. The molecule has 0 fully saturated rings. The smallest absolute Gasteiger partial charge is 0.251 e. The second-order valence-corrected chi connectivity index (χ2v) is 7.13. The lowest BCUT2D eigenvalue weighted by Crippen LogP contribution is -2.22. The van der Waals surface area contributed by atoms with Gasteiger partial charge in [0.1, 0.15) is 12.4 Å². The standard InChI is InChI=1S/C24H20ClN3O2/c25-22-7-1-2-8-23(22)30-17-19-5-3-6-20(15-19)24(29)26-16-18-9-11-21(12-10-18)28-14-4-13-27-28/h1-15H,16-17H2,(H,26,29). The quantitative estimate of drug-likeness (QED) is 0.458. The number of halogens is 1. The summed E-state index contributed by atoms with van der Waals surface area (Å²) < 4.78 is 7.55. The number of aromatic nitrogens is 2. The molecule has 3 aromatic carbocycles. The maximum absolute atomic E-state index is 12.6. The van der Waals surface area contributed by atoms with E-state index in [0.717, 1.165) is 16.8 Å². The van der Waals surface area contributed by atoms with Crippen LogP contribution >= 0.6 is 11.6 Å². The van der Waals surface area contributed by atoms with Crippen molar-refractivity contribution in [2.75, 3.05) is 0 Å². The zero-order valence-electron chi connectivity index (χ0n) is 16.2. The first-order valence-corrected chi connectivity index (χ1v) is 9.90. The number of carbonyl (C=O) groups is 1. The highest BCUT2D eigenvalue weighted by molar-refractivity contribution is 6.32. The van der Waals surface area contributed by atoms with Crippen molar-refractivity contribution < 1.29 is 9.53 Å². The molecule has 0 saturated heterocycles. The van der Waals surface area contributed by atoms with E-state index in [1.807, 2.05) is 72.9 Å². The van der Waals surface area contributed by atoms with Crippen LogP contribution in [0.1, 0.15) is 21.5 Å². The molecule has 6 heteroatoms. The van der Waals surface area contributed by atoms with Gasteiger partial charge < -0.3 is 10.1 Å². The summed E-state index contributed by atoms with van der Waals surface area (Å²) in [4.78, 5) is 12.6. The van der Waals surface area contributed by atoms with Gasteiger partial charge >= 0.3 is 0 Å². The van der Waals surface area contributed by atoms with E-state index >= 15 is 0 Å². The average Bonchev–Trinajstić information content (AvgIpc) is 3.32. The molecule has 0 bridgehead atoms. The number of carbonyl (C=O) groups excluding carboxylic acids is 1. The van der Waals surface area contributed by atoms with Gasteiger partial charge in [-0.2, -0.15) is 5.10 Å². The molecule has 4 rings (SSSR count). The van der Waals surface area contributed by atoms with Crippen molar-refractivity contribution in [3.63, 3.8) is 0 Å². The minimum atomic E-state index is -0.134. The van der Waals surface area contributed by atoms with Crippen LogP contribution in [0.15, 0.2) is 91.3 Å². The van der Waals surface area contributed by atoms with Gasteiger partial charge in [-0.3, -0.25) is 4.79 Å². The lowest BCUT2D eigenvalue weighted by molar-refractivity contribution is 0.0950. The fraction of sp³-hybridized carbons (Fsp3) is 0.0833. The molecule has 0 radical (unpaired) electrons. The average molecular weight is 418 g/mol. The number of benzene rings is 3. The van der Waals surface area contributed by atoms with Gasteiger partial charge in [0.05, 0.1) is 10.7 Å². The Hall–Kier alpha value is -3.57. The largest absolute Gasteiger partial charge is 0.487 e. The van der Waals surface area contributed by atoms with E-state index in [-0.39, 0.29) is 5.91 Å². The second-order valence-electron chi connectivity index (χ2n) is 6.72. The summed E-state index contributed by atoms with van der Waals surface area (Å²) in [7, 11) is 0. The van der Waals surface area contributed by atoms with Gasteiger partial charge in [0, 0.05) is 24.5 Å². The molecule has 30 heavy (non-hydrogen) atoms. The van der Waals surface area contributed by atoms with Crippen LogP contribution in [-0.2, 0) is 13.2 Å². The van der Waals surface area contributed by atoms with E-state index in [0.29, 0.717) is 29.5 Å². The van der Waals surface area contributed by atoms with Crippen molar-refractivity contribution >= 4 is 17.5 Å². The van der Waals surface area contributed by atoms with Gasteiger partial charge in [-0.15, -0.1) is 0 Å². The van der Waals surface area contributed by atoms with Crippen molar-refractivity contribution in [1.82, 2.24) is 15.1 Å². The van der Waals surface area contributed by atoms with Gasteiger partial charge in [-0.25, -0.2) is 4.68 Å². The first-order valence-electron chi connectivity index (χ1n) is 9.52. The number of para-hydroxylation sites is 1. The summed E-state index contributed by atoms with van der Waals surface area (Å²) in [5.41, 5.74) is 3.47. The molecule has 4 aromatic rings. The van der Waals surface area contributed by atoms with Crippen molar-refractivity contribution in [3.05, 3.63) is 113 Å². The molecule has 150 valence electrons. The van der Waals surface area contributed by atoms with Crippen LogP contribution in [0, 0.1) is 0 Å². The molecule has 0 aliphatic rings. The van der Waals surface area contributed by atoms with Crippen LogP contribution in [-0.4, -0.2) is 15.7 Å². The Morgan fingerprint density at radius 1 is 0.967 bits per heavy atom. The number of nitrogens with zero attached hydrogens (tertiary/aromatic N) is 2. The van der Waals surface area contributed by atoms with Gasteiger partial charge in [0.2, 0.25) is 0 Å². The van der Waals surface area contributed by atoms with Gasteiger partial charge in [-0.05, 0) is 53.6 Å². The Morgan fingerprint density at radius 3 is 2.57 bits per heavy atom. The Kier molecular flexibility index (Phi) is 6.11. The molecular formula is C24H20ClN3O2. The van der Waals surface area contributed by atoms with E-state index in [1.165, 1.54) is 0 Å². The summed E-state index contributed by atoms with van der Waals surface area (Å²) in [5, 5.41) is 7.72. The summed E-state index contributed by atoms with van der Waals surface area (Å²) in [6, 6.07) is 24.5. The number of rotatable bonds is 7. The Bertz CT molecular complexity index is 1130. The topological polar surface area (TPSA) is 56.2 Å². The molecule has 0 unspecified atom stereocenters. The van der Waals surface area contributed by atoms with Crippen molar-refractivity contribution in [2.24, 2.45) is 0 Å². The highest BCUT2D eigenvalue weighted by Gasteiger charge is 2.08. The predicted molar refractivity (Wildman–Crippen MR) is 117 cm³/mol. The van der Waals surface area contributed by atoms with Crippen LogP contribution in [0.25, 0.3) is 5.69 Å². The van der Waals surface area contributed by atoms with E-state index in [1.54, 1.807) is 23.0 Å². The zero-order valence-corrected chi connectivity index (χ0v) is 16.9. The van der Waals surface area contributed by atoms with Crippen molar-refractivity contribution in [1.29, 1.82) is 0 Å². The zero-order chi connectivity index (χ0) is 20.8. The normalized spacial score (nSPS) is 10.6. The number of hydrogen-bond donors (Lipinski definition) is 1. The van der Waals surface area contributed by atoms with Crippen LogP contribution in [0.2, 0.25) is 5.02 Å². The number of ether oxygens (including phenoxy) is 1. The van der Waals surface area contributed by atoms with Crippen molar-refractivity contribution in [3.8, 4) is 11.4 Å². The molecule has 0 aliphatic heterocycles. The molecule has 1 amide bonds. The molecule has 0 atom stereocenters. The highest BCUT2D eigenvalue weighted by Crippen LogP contribution is 2.24. The van der Waals surface area contributed by atoms with E-state index in [2.05, 4.69) is 10.4 Å². The maximum Gasteiger partial charge on any atom is 0.251 e. The summed E-state index contributed by atoms with van der Waals surface area (Å²) in [5.74, 6) is 0.485. The van der Waals surface area contributed by atoms with E-state index in [4.69, 9.17) is 16.3 Å². The summed E-state index contributed by atoms with van der Waals surface area (Å²) in [6.45, 7) is 0.776. The maximum atomic E-state index is 12.6. The molecule has 0 saturated carbocycles. The third-order valence-electron chi connectivity index (χ3n) is 4.58. The first-order chi connectivity index (χ1) is 14.7.